The quantitative estimate of drug-likeness (QED) is 0.0884. The maximum absolute atomic E-state index is 13.2. The molecule has 0 aliphatic rings. The highest BCUT2D eigenvalue weighted by Crippen LogP contribution is 2.30. The Labute approximate surface area is 296 Å². The highest BCUT2D eigenvalue weighted by Gasteiger charge is 2.31. The number of hydrogen-bond donors (Lipinski definition) is 5. The van der Waals surface area contributed by atoms with Gasteiger partial charge in [0, 0.05) is 34.6 Å². The van der Waals surface area contributed by atoms with Crippen molar-refractivity contribution in [2.24, 2.45) is 0 Å². The van der Waals surface area contributed by atoms with Crippen molar-refractivity contribution < 1.29 is 32.3 Å². The van der Waals surface area contributed by atoms with Crippen LogP contribution in [0.5, 0.6) is 0 Å². The van der Waals surface area contributed by atoms with Crippen molar-refractivity contribution in [1.82, 2.24) is 15.3 Å². The maximum atomic E-state index is 13.2. The van der Waals surface area contributed by atoms with Crippen molar-refractivity contribution in [3.63, 3.8) is 0 Å². The Bertz CT molecular complexity index is 2110. The molecule has 5 rings (SSSR count). The number of carbonyl (C=O) groups is 4. The monoisotopic (exact) mass is 707 g/mol. The predicted molar refractivity (Wildman–Crippen MR) is 191 cm³/mol. The molecule has 5 N–H and O–H groups in total. The van der Waals surface area contributed by atoms with E-state index < -0.39 is 41.4 Å². The summed E-state index contributed by atoms with van der Waals surface area (Å²) in [5.41, 5.74) is 1.98. The fraction of sp³-hybridized carbons (Fsp3) is 0.105. The molecule has 4 aromatic carbocycles. The van der Waals surface area contributed by atoms with Crippen LogP contribution >= 0.6 is 0 Å². The summed E-state index contributed by atoms with van der Waals surface area (Å²) in [6.45, 7) is 5.15. The summed E-state index contributed by atoms with van der Waals surface area (Å²) in [6, 6.07) is 23.8. The highest BCUT2D eigenvalue weighted by atomic mass is 19.4. The van der Waals surface area contributed by atoms with Crippen LogP contribution in [0.1, 0.15) is 37.4 Å². The van der Waals surface area contributed by atoms with Crippen LogP contribution in [-0.2, 0) is 22.2 Å². The number of nitrogens with zero attached hydrogens (tertiary/aromatic N) is 2. The van der Waals surface area contributed by atoms with Crippen molar-refractivity contribution in [3.05, 3.63) is 150 Å². The molecule has 0 aliphatic heterocycles. The standard InChI is InChI=1S/C38H32F3N7O4/c1-3-33(49)48-32(17-24-9-5-4-6-10-24)36(52)45-27-13-8-14-28(19-27)47-37-42-21-30(22-43-37)46-35(51)31-20-29(16-15-23(31)2)44-34(50)25-11-7-12-26(18-25)38(39,40)41/h3-16,18-22,32H,1,17H2,2H3,(H,44,50)(H,45,52)(H,46,51)(H,48,49)(H,42,43,47). The lowest BCUT2D eigenvalue weighted by Gasteiger charge is -2.18. The van der Waals surface area contributed by atoms with Gasteiger partial charge in [0.25, 0.3) is 11.8 Å². The van der Waals surface area contributed by atoms with Gasteiger partial charge in [0.2, 0.25) is 17.8 Å². The van der Waals surface area contributed by atoms with Crippen LogP contribution in [0.2, 0.25) is 0 Å². The first-order chi connectivity index (χ1) is 24.9. The molecule has 5 aromatic rings. The molecule has 0 radical (unpaired) electrons. The number of halogens is 3. The summed E-state index contributed by atoms with van der Waals surface area (Å²) in [5.74, 6) is -2.01. The molecule has 0 bridgehead atoms. The lowest BCUT2D eigenvalue weighted by molar-refractivity contribution is -0.137. The van der Waals surface area contributed by atoms with Gasteiger partial charge in [-0.1, -0.05) is 55.1 Å². The molecule has 1 heterocycles. The van der Waals surface area contributed by atoms with Crippen LogP contribution in [-0.4, -0.2) is 39.6 Å². The number of hydrogen-bond acceptors (Lipinski definition) is 7. The van der Waals surface area contributed by atoms with Crippen molar-refractivity contribution in [1.29, 1.82) is 0 Å². The molecule has 11 nitrogen and oxygen atoms in total. The number of nitrogens with one attached hydrogen (secondary N) is 5. The topological polar surface area (TPSA) is 154 Å². The molecular weight excluding hydrogens is 675 g/mol. The van der Waals surface area contributed by atoms with Crippen LogP contribution < -0.4 is 26.6 Å². The Morgan fingerprint density at radius 2 is 1.42 bits per heavy atom. The van der Waals surface area contributed by atoms with Gasteiger partial charge in [-0.3, -0.25) is 19.2 Å². The second kappa shape index (κ2) is 16.3. The Kier molecular flexibility index (Phi) is 11.4. The van der Waals surface area contributed by atoms with E-state index in [1.807, 2.05) is 30.3 Å². The van der Waals surface area contributed by atoms with Crippen molar-refractivity contribution in [3.8, 4) is 0 Å². The molecule has 4 amide bonds. The van der Waals surface area contributed by atoms with Gasteiger partial charge in [0.15, 0.2) is 0 Å². The zero-order valence-electron chi connectivity index (χ0n) is 27.6. The molecule has 0 saturated carbocycles. The van der Waals surface area contributed by atoms with Crippen molar-refractivity contribution >= 4 is 52.3 Å². The Hall–Kier alpha value is -6.83. The van der Waals surface area contributed by atoms with Crippen molar-refractivity contribution in [2.45, 2.75) is 25.6 Å². The van der Waals surface area contributed by atoms with Gasteiger partial charge in [0.05, 0.1) is 23.6 Å². The van der Waals surface area contributed by atoms with Crippen LogP contribution in [0, 0.1) is 6.92 Å². The molecule has 1 atom stereocenters. The van der Waals surface area contributed by atoms with Gasteiger partial charge < -0.3 is 26.6 Å². The van der Waals surface area contributed by atoms with E-state index in [9.17, 15) is 32.3 Å². The van der Waals surface area contributed by atoms with Gasteiger partial charge in [-0.2, -0.15) is 13.2 Å². The first-order valence-electron chi connectivity index (χ1n) is 15.8. The maximum Gasteiger partial charge on any atom is 0.416 e. The summed E-state index contributed by atoms with van der Waals surface area (Å²) in [4.78, 5) is 59.5. The number of anilines is 5. The zero-order chi connectivity index (χ0) is 37.3. The molecule has 0 fully saturated rings. The van der Waals surface area contributed by atoms with Crippen LogP contribution in [0.15, 0.2) is 122 Å². The molecule has 0 spiro atoms. The van der Waals surface area contributed by atoms with Crippen LogP contribution in [0.25, 0.3) is 0 Å². The average Bonchev–Trinajstić information content (AvgIpc) is 3.13. The summed E-state index contributed by atoms with van der Waals surface area (Å²) in [5, 5.41) is 13.7. The smallest absolute Gasteiger partial charge is 0.340 e. The van der Waals surface area contributed by atoms with Gasteiger partial charge in [0.1, 0.15) is 6.04 Å². The fourth-order valence-corrected chi connectivity index (χ4v) is 4.96. The minimum absolute atomic E-state index is 0.189. The number of alkyl halides is 3. The van der Waals surface area contributed by atoms with E-state index in [4.69, 9.17) is 0 Å². The fourth-order valence-electron chi connectivity index (χ4n) is 4.96. The van der Waals surface area contributed by atoms with E-state index in [1.165, 1.54) is 30.6 Å². The normalized spacial score (nSPS) is 11.5. The van der Waals surface area contributed by atoms with Gasteiger partial charge in [-0.25, -0.2) is 9.97 Å². The van der Waals surface area contributed by atoms with Crippen LogP contribution in [0.3, 0.4) is 0 Å². The third kappa shape index (κ3) is 9.88. The average molecular weight is 708 g/mol. The van der Waals surface area contributed by atoms with Gasteiger partial charge in [-0.15, -0.1) is 0 Å². The summed E-state index contributed by atoms with van der Waals surface area (Å²) < 4.78 is 39.3. The SMILES string of the molecule is C=CC(=O)NC(Cc1ccccc1)C(=O)Nc1cccc(Nc2ncc(NC(=O)c3cc(NC(=O)c4cccc(C(F)(F)F)c4)ccc3C)cn2)c1. The lowest BCUT2D eigenvalue weighted by atomic mass is 10.0. The largest absolute Gasteiger partial charge is 0.416 e. The Morgan fingerprint density at radius 3 is 2.13 bits per heavy atom. The molecule has 0 aliphatic carbocycles. The van der Waals surface area contributed by atoms with Crippen LogP contribution in [0.4, 0.5) is 41.9 Å². The van der Waals surface area contributed by atoms with Crippen molar-refractivity contribution in [2.75, 3.05) is 21.3 Å². The Morgan fingerprint density at radius 1 is 0.750 bits per heavy atom. The van der Waals surface area contributed by atoms with E-state index in [2.05, 4.69) is 43.1 Å². The number of rotatable bonds is 12. The predicted octanol–water partition coefficient (Wildman–Crippen LogP) is 6.90. The molecule has 52 heavy (non-hydrogen) atoms. The number of aromatic nitrogens is 2. The van der Waals surface area contributed by atoms with E-state index >= 15 is 0 Å². The summed E-state index contributed by atoms with van der Waals surface area (Å²) in [6.07, 6.45) is -0.475. The molecule has 1 unspecified atom stereocenters. The molecular formula is C38H32F3N7O4. The first kappa shape index (κ1) is 36.5. The molecule has 0 saturated heterocycles. The highest BCUT2D eigenvalue weighted by molar-refractivity contribution is 6.08. The molecule has 14 heteroatoms. The number of amides is 4. The third-order valence-electron chi connectivity index (χ3n) is 7.59. The first-order valence-corrected chi connectivity index (χ1v) is 15.8. The molecule has 1 aromatic heterocycles. The second-order valence-electron chi connectivity index (χ2n) is 11.5. The minimum atomic E-state index is -4.60. The number of carbonyl (C=O) groups excluding carboxylic acids is 4. The zero-order valence-corrected chi connectivity index (χ0v) is 27.6. The lowest BCUT2D eigenvalue weighted by Crippen LogP contribution is -2.44. The second-order valence-corrected chi connectivity index (χ2v) is 11.5. The van der Waals surface area contributed by atoms with Gasteiger partial charge in [-0.05, 0) is 72.7 Å². The summed E-state index contributed by atoms with van der Waals surface area (Å²) >= 11 is 0. The third-order valence-corrected chi connectivity index (χ3v) is 7.59. The van der Waals surface area contributed by atoms with Gasteiger partial charge >= 0.3 is 6.18 Å². The van der Waals surface area contributed by atoms with E-state index in [0.717, 1.165) is 29.8 Å². The Balaban J connectivity index is 1.20. The van der Waals surface area contributed by atoms with E-state index in [-0.39, 0.29) is 34.9 Å². The number of benzene rings is 4. The van der Waals surface area contributed by atoms with E-state index in [1.54, 1.807) is 37.3 Å². The number of aryl methyl sites for hydroxylation is 1. The summed E-state index contributed by atoms with van der Waals surface area (Å²) in [7, 11) is 0. The van der Waals surface area contributed by atoms with E-state index in [0.29, 0.717) is 16.9 Å². The molecule has 264 valence electrons. The minimum Gasteiger partial charge on any atom is -0.340 e.